The van der Waals surface area contributed by atoms with Gasteiger partial charge < -0.3 is 15.2 Å². The van der Waals surface area contributed by atoms with Gasteiger partial charge in [-0.25, -0.2) is 0 Å². The Hall–Kier alpha value is -1.56. The van der Waals surface area contributed by atoms with E-state index in [1.807, 2.05) is 27.7 Å². The molecule has 2 N–H and O–H groups in total. The van der Waals surface area contributed by atoms with E-state index in [-0.39, 0.29) is 17.7 Å². The van der Waals surface area contributed by atoms with Crippen LogP contribution in [-0.2, 0) is 15.0 Å². The zero-order chi connectivity index (χ0) is 19.4. The highest BCUT2D eigenvalue weighted by Gasteiger charge is 2.38. The summed E-state index contributed by atoms with van der Waals surface area (Å²) in [4.78, 5) is 24.9. The topological polar surface area (TPSA) is 84.2 Å². The van der Waals surface area contributed by atoms with Gasteiger partial charge in [-0.3, -0.25) is 9.59 Å². The number of carbonyl (C=O) groups is 2. The number of hydrogen-bond donors (Lipinski definition) is 2. The molecule has 0 unspecified atom stereocenters. The van der Waals surface area contributed by atoms with E-state index in [1.54, 1.807) is 0 Å². The van der Waals surface area contributed by atoms with Crippen LogP contribution in [0.15, 0.2) is 4.52 Å². The number of halogens is 1. The van der Waals surface area contributed by atoms with E-state index >= 15 is 0 Å². The summed E-state index contributed by atoms with van der Waals surface area (Å²) in [7, 11) is 0. The van der Waals surface area contributed by atoms with Gasteiger partial charge in [0.05, 0.1) is 16.6 Å². The molecule has 0 spiro atoms. The molecule has 1 saturated carbocycles. The van der Waals surface area contributed by atoms with Crippen molar-refractivity contribution in [3.63, 3.8) is 0 Å². The fourth-order valence-corrected chi connectivity index (χ4v) is 4.11. The third-order valence-corrected chi connectivity index (χ3v) is 5.64. The minimum absolute atomic E-state index is 0.0692. The van der Waals surface area contributed by atoms with Crippen molar-refractivity contribution in [1.82, 2.24) is 15.8 Å². The predicted octanol–water partition coefficient (Wildman–Crippen LogP) is 3.13. The predicted molar refractivity (Wildman–Crippen MR) is 101 cm³/mol. The van der Waals surface area contributed by atoms with E-state index in [2.05, 4.69) is 15.8 Å². The van der Waals surface area contributed by atoms with Crippen molar-refractivity contribution in [2.45, 2.75) is 77.2 Å². The van der Waals surface area contributed by atoms with Gasteiger partial charge >= 0.3 is 0 Å². The normalized spacial score (nSPS) is 17.4. The van der Waals surface area contributed by atoms with E-state index in [1.165, 1.54) is 0 Å². The number of carbonyl (C=O) groups excluding carboxylic acids is 2. The van der Waals surface area contributed by atoms with Crippen LogP contribution in [-0.4, -0.2) is 34.9 Å². The van der Waals surface area contributed by atoms with Gasteiger partial charge in [0.15, 0.2) is 0 Å². The van der Waals surface area contributed by atoms with Gasteiger partial charge in [-0.1, -0.05) is 30.8 Å². The molecule has 2 rings (SSSR count). The van der Waals surface area contributed by atoms with Crippen LogP contribution in [0.25, 0.3) is 0 Å². The van der Waals surface area contributed by atoms with Crippen molar-refractivity contribution in [2.24, 2.45) is 0 Å². The van der Waals surface area contributed by atoms with Gasteiger partial charge in [-0.2, -0.15) is 0 Å². The van der Waals surface area contributed by atoms with Gasteiger partial charge in [-0.05, 0) is 40.5 Å². The molecule has 0 saturated heterocycles. The molecule has 146 valence electrons. The summed E-state index contributed by atoms with van der Waals surface area (Å²) in [6, 6.07) is 0. The molecular weight excluding hydrogens is 354 g/mol. The van der Waals surface area contributed by atoms with Crippen molar-refractivity contribution in [2.75, 3.05) is 12.4 Å². The van der Waals surface area contributed by atoms with E-state index in [0.29, 0.717) is 12.3 Å². The molecule has 6 nitrogen and oxygen atoms in total. The number of hydrogen-bond acceptors (Lipinski definition) is 4. The molecule has 0 aromatic carbocycles. The highest BCUT2D eigenvalue weighted by atomic mass is 35.5. The Morgan fingerprint density at radius 3 is 2.31 bits per heavy atom. The fraction of sp³-hybridized carbons (Fsp3) is 0.737. The minimum atomic E-state index is -0.767. The summed E-state index contributed by atoms with van der Waals surface area (Å²) in [6.45, 7) is 7.80. The zero-order valence-electron chi connectivity index (χ0n) is 16.2. The average Bonchev–Trinajstić information content (AvgIpc) is 2.80. The van der Waals surface area contributed by atoms with Crippen molar-refractivity contribution < 1.29 is 14.1 Å². The van der Waals surface area contributed by atoms with Gasteiger partial charge in [0, 0.05) is 12.1 Å². The quantitative estimate of drug-likeness (QED) is 0.583. The van der Waals surface area contributed by atoms with E-state index < -0.39 is 11.0 Å². The maximum Gasteiger partial charge on any atom is 0.235 e. The number of amides is 2. The van der Waals surface area contributed by atoms with E-state index in [4.69, 9.17) is 16.1 Å². The smallest absolute Gasteiger partial charge is 0.235 e. The largest absolute Gasteiger partial charge is 0.361 e. The lowest BCUT2D eigenvalue weighted by Gasteiger charge is -2.35. The van der Waals surface area contributed by atoms with Crippen molar-refractivity contribution in [3.8, 4) is 0 Å². The second-order valence-electron chi connectivity index (χ2n) is 7.88. The first-order valence-electron chi connectivity index (χ1n) is 9.30. The molecule has 0 radical (unpaired) electrons. The highest BCUT2D eigenvalue weighted by Crippen LogP contribution is 2.31. The second kappa shape index (κ2) is 8.42. The molecule has 0 aliphatic heterocycles. The van der Waals surface area contributed by atoms with E-state index in [0.717, 1.165) is 49.8 Å². The zero-order valence-corrected chi connectivity index (χ0v) is 17.0. The molecule has 1 heterocycles. The Morgan fingerprint density at radius 1 is 1.19 bits per heavy atom. The first kappa shape index (κ1) is 20.7. The third kappa shape index (κ3) is 4.58. The summed E-state index contributed by atoms with van der Waals surface area (Å²) < 4.78 is 5.23. The molecule has 1 aromatic rings. The summed E-state index contributed by atoms with van der Waals surface area (Å²) in [6.07, 6.45) is 6.06. The lowest BCUT2D eigenvalue weighted by Crippen LogP contribution is -2.57. The van der Waals surface area contributed by atoms with Gasteiger partial charge in [0.2, 0.25) is 11.8 Å². The number of nitrogens with one attached hydrogen (secondary N) is 2. The Morgan fingerprint density at radius 2 is 1.81 bits per heavy atom. The van der Waals surface area contributed by atoms with Crippen LogP contribution in [0.4, 0.5) is 0 Å². The number of rotatable bonds is 6. The van der Waals surface area contributed by atoms with Crippen molar-refractivity contribution in [3.05, 3.63) is 17.0 Å². The van der Waals surface area contributed by atoms with Crippen molar-refractivity contribution in [1.29, 1.82) is 0 Å². The third-order valence-electron chi connectivity index (χ3n) is 5.40. The first-order valence-corrected chi connectivity index (χ1v) is 9.84. The van der Waals surface area contributed by atoms with Crippen LogP contribution >= 0.6 is 11.6 Å². The molecule has 1 aliphatic rings. The first-order chi connectivity index (χ1) is 12.2. The second-order valence-corrected chi connectivity index (χ2v) is 8.15. The molecule has 2 amide bonds. The number of aryl methyl sites for hydroxylation is 2. The summed E-state index contributed by atoms with van der Waals surface area (Å²) >= 11 is 5.69. The Bertz CT molecular complexity index is 627. The molecule has 1 aromatic heterocycles. The molecule has 1 fully saturated rings. The summed E-state index contributed by atoms with van der Waals surface area (Å²) in [5.41, 5.74) is 0.348. The molecule has 26 heavy (non-hydrogen) atoms. The number of nitrogens with zero attached hydrogens (tertiary/aromatic N) is 1. The lowest BCUT2D eigenvalue weighted by molar-refractivity contribution is -0.127. The monoisotopic (exact) mass is 383 g/mol. The lowest BCUT2D eigenvalue weighted by atomic mass is 9.81. The van der Waals surface area contributed by atoms with Crippen LogP contribution in [0.1, 0.15) is 69.4 Å². The highest BCUT2D eigenvalue weighted by molar-refractivity contribution is 6.27. The Balaban J connectivity index is 2.14. The van der Waals surface area contributed by atoms with Gasteiger partial charge in [-0.15, -0.1) is 11.6 Å². The minimum Gasteiger partial charge on any atom is -0.361 e. The van der Waals surface area contributed by atoms with Crippen LogP contribution in [0.3, 0.4) is 0 Å². The molecule has 0 bridgehead atoms. The van der Waals surface area contributed by atoms with Gasteiger partial charge in [0.25, 0.3) is 0 Å². The Kier molecular flexibility index (Phi) is 6.72. The molecule has 1 aliphatic carbocycles. The SMILES string of the molecule is Cc1noc(C)c1C(C)(C)C(=O)NCC1(NC(=O)CCl)CCCCCC1. The standard InChI is InChI=1S/C19H30ClN3O3/c1-13-16(14(2)26-23-13)18(3,4)17(25)21-12-19(22-15(24)11-20)9-7-5-6-8-10-19/h5-12H2,1-4H3,(H,21,25)(H,22,24). The maximum absolute atomic E-state index is 13.0. The van der Waals surface area contributed by atoms with E-state index in [9.17, 15) is 9.59 Å². The average molecular weight is 384 g/mol. The van der Waals surface area contributed by atoms with Crippen LogP contribution in [0, 0.1) is 13.8 Å². The molecular formula is C19H30ClN3O3. The van der Waals surface area contributed by atoms with Crippen molar-refractivity contribution >= 4 is 23.4 Å². The number of alkyl halides is 1. The van der Waals surface area contributed by atoms with Crippen LogP contribution in [0.2, 0.25) is 0 Å². The summed E-state index contributed by atoms with van der Waals surface area (Å²) in [5.74, 6) is 0.297. The van der Waals surface area contributed by atoms with Gasteiger partial charge in [0.1, 0.15) is 11.6 Å². The summed E-state index contributed by atoms with van der Waals surface area (Å²) in [5, 5.41) is 10.1. The van der Waals surface area contributed by atoms with Crippen LogP contribution in [0.5, 0.6) is 0 Å². The van der Waals surface area contributed by atoms with Crippen LogP contribution < -0.4 is 10.6 Å². The Labute approximate surface area is 160 Å². The fourth-order valence-electron chi connectivity index (χ4n) is 4.04. The maximum atomic E-state index is 13.0. The molecule has 0 atom stereocenters. The number of aromatic nitrogens is 1. The molecule has 7 heteroatoms.